The van der Waals surface area contributed by atoms with Gasteiger partial charge in [0, 0.05) is 30.3 Å². The van der Waals surface area contributed by atoms with Crippen LogP contribution in [0.25, 0.3) is 5.70 Å². The number of halogens is 1. The van der Waals surface area contributed by atoms with Gasteiger partial charge in [0.2, 0.25) is 0 Å². The van der Waals surface area contributed by atoms with Gasteiger partial charge in [-0.3, -0.25) is 10.3 Å². The molecule has 5 heteroatoms. The highest BCUT2D eigenvalue weighted by molar-refractivity contribution is 5.83. The van der Waals surface area contributed by atoms with E-state index in [-0.39, 0.29) is 17.7 Å². The molecule has 1 aromatic carbocycles. The summed E-state index contributed by atoms with van der Waals surface area (Å²) in [5.74, 6) is 0.195. The zero-order chi connectivity index (χ0) is 32.7. The summed E-state index contributed by atoms with van der Waals surface area (Å²) in [6, 6.07) is 8.35. The first-order valence-corrected chi connectivity index (χ1v) is 15.2. The van der Waals surface area contributed by atoms with Crippen LogP contribution in [0.4, 0.5) is 4.39 Å². The number of nitrogens with one attached hydrogen (secondary N) is 2. The Morgan fingerprint density at radius 3 is 2.31 bits per heavy atom. The highest BCUT2D eigenvalue weighted by Crippen LogP contribution is 2.25. The molecule has 0 spiro atoms. The summed E-state index contributed by atoms with van der Waals surface area (Å²) in [5, 5.41) is 20.6. The second kappa shape index (κ2) is 24.0. The van der Waals surface area contributed by atoms with Gasteiger partial charge in [-0.25, -0.2) is 0 Å². The van der Waals surface area contributed by atoms with E-state index in [0.717, 1.165) is 48.2 Å². The summed E-state index contributed by atoms with van der Waals surface area (Å²) in [6.07, 6.45) is 14.3. The van der Waals surface area contributed by atoms with Crippen LogP contribution in [0.15, 0.2) is 86.0 Å². The van der Waals surface area contributed by atoms with E-state index in [1.54, 1.807) is 25.2 Å². The number of benzene rings is 1. The van der Waals surface area contributed by atoms with Crippen molar-refractivity contribution in [3.05, 3.63) is 103 Å². The topological polar surface area (TPSA) is 62.9 Å². The van der Waals surface area contributed by atoms with Crippen LogP contribution in [0.2, 0.25) is 0 Å². The first kappa shape index (κ1) is 40.5. The van der Waals surface area contributed by atoms with Crippen molar-refractivity contribution in [3.63, 3.8) is 0 Å². The van der Waals surface area contributed by atoms with Crippen molar-refractivity contribution < 1.29 is 4.39 Å². The molecule has 42 heavy (non-hydrogen) atoms. The van der Waals surface area contributed by atoms with Crippen LogP contribution in [0.3, 0.4) is 0 Å². The first-order valence-electron chi connectivity index (χ1n) is 15.2. The Labute approximate surface area is 257 Å². The Kier molecular flexibility index (Phi) is 23.1. The van der Waals surface area contributed by atoms with Crippen LogP contribution in [0.5, 0.6) is 0 Å². The monoisotopic (exact) mass is 576 g/mol. The molecule has 0 saturated heterocycles. The smallest absolute Gasteiger partial charge is 0.198 e. The minimum absolute atomic E-state index is 0.0734. The van der Waals surface area contributed by atoms with Crippen LogP contribution < -0.4 is 5.32 Å². The first-order chi connectivity index (χ1) is 20.0. The maximum absolute atomic E-state index is 14.8. The number of nitriles is 1. The van der Waals surface area contributed by atoms with Crippen molar-refractivity contribution in [1.29, 1.82) is 10.7 Å². The van der Waals surface area contributed by atoms with E-state index in [9.17, 15) is 9.65 Å². The van der Waals surface area contributed by atoms with Gasteiger partial charge < -0.3 is 5.32 Å². The molecule has 0 aliphatic carbocycles. The van der Waals surface area contributed by atoms with Gasteiger partial charge in [-0.2, -0.15) is 9.65 Å². The molecular weight excluding hydrogens is 519 g/mol. The minimum atomic E-state index is -0.416. The number of unbranched alkanes of at least 4 members (excludes halogenated alkanes) is 1. The lowest BCUT2D eigenvalue weighted by Gasteiger charge is -2.24. The number of hydrogen-bond donors (Lipinski definition) is 2. The summed E-state index contributed by atoms with van der Waals surface area (Å²) < 4.78 is 14.8. The highest BCUT2D eigenvalue weighted by atomic mass is 19.1. The molecule has 0 saturated carbocycles. The third-order valence-corrected chi connectivity index (χ3v) is 6.26. The zero-order valence-corrected chi connectivity index (χ0v) is 27.9. The normalized spacial score (nSPS) is 12.0. The van der Waals surface area contributed by atoms with Crippen LogP contribution in [0, 0.1) is 34.5 Å². The summed E-state index contributed by atoms with van der Waals surface area (Å²) in [7, 11) is 0. The second-order valence-corrected chi connectivity index (χ2v) is 10.4. The fourth-order valence-electron chi connectivity index (χ4n) is 3.76. The third kappa shape index (κ3) is 15.4. The summed E-state index contributed by atoms with van der Waals surface area (Å²) >= 11 is 0. The molecule has 0 aliphatic heterocycles. The van der Waals surface area contributed by atoms with E-state index in [0.29, 0.717) is 17.9 Å². The molecule has 1 rings (SSSR count). The fraction of sp³-hybridized carbons (Fsp3) is 0.459. The number of amidine groups is 1. The zero-order valence-electron chi connectivity index (χ0n) is 27.9. The summed E-state index contributed by atoms with van der Waals surface area (Å²) in [4.78, 5) is 1.27. The number of hydrogen-bond acceptors (Lipinski definition) is 3. The summed E-state index contributed by atoms with van der Waals surface area (Å²) in [5.41, 5.74) is 4.38. The van der Waals surface area contributed by atoms with Gasteiger partial charge in [-0.15, -0.1) is 6.58 Å². The number of allylic oxidation sites excluding steroid dienone is 6. The number of nitrogens with zero attached hydrogens (tertiary/aromatic N) is 2. The average molecular weight is 577 g/mol. The molecule has 0 radical (unpaired) electrons. The largest absolute Gasteiger partial charge is 0.385 e. The van der Waals surface area contributed by atoms with Crippen LogP contribution >= 0.6 is 0 Å². The van der Waals surface area contributed by atoms with Gasteiger partial charge in [-0.1, -0.05) is 104 Å². The Hall–Kier alpha value is -3.65. The molecule has 232 valence electrons. The van der Waals surface area contributed by atoms with E-state index in [1.165, 1.54) is 11.1 Å². The average Bonchev–Trinajstić information content (AvgIpc) is 2.98. The standard InChI is InChI=1S/C18H27FN2.C17H24N2.C2H6/c1-7-10-12-16(9-3)15(6)17(19)21(13-11-8-2)18(20)14(4)5;1-5-6-9-19-14(4)15-7-8-16(10-13(2)3)17(11-15)12-18;1-2/h7-11,13-14,16,20H,2-3,12H2,1,4-6H3;7-8,11,13,19H,4-6,9-10H2,1-3H3;1-2H3/b10-7+,13-11-,17-15+,20-18?;;. The molecule has 1 aromatic rings. The van der Waals surface area contributed by atoms with Gasteiger partial charge in [-0.05, 0) is 67.9 Å². The molecule has 0 aromatic heterocycles. The molecule has 2 N–H and O–H groups in total. The summed E-state index contributed by atoms with van der Waals surface area (Å²) in [6.45, 7) is 30.2. The third-order valence-electron chi connectivity index (χ3n) is 6.26. The quantitative estimate of drug-likeness (QED) is 0.0545. The van der Waals surface area contributed by atoms with Crippen molar-refractivity contribution in [2.45, 2.75) is 88.0 Å². The lowest BCUT2D eigenvalue weighted by atomic mass is 9.96. The Balaban J connectivity index is 0. The SMILES string of the molecule is C=C(NCCCC)c1ccc(CC(C)C)c(C#N)c1.C=C/C=C\N(C(=N)C(C)C)/C(F)=C(\C)C(C=C)C/C=C/C.CC. The molecule has 0 amide bonds. The van der Waals surface area contributed by atoms with Crippen molar-refractivity contribution >= 4 is 11.5 Å². The second-order valence-electron chi connectivity index (χ2n) is 10.4. The van der Waals surface area contributed by atoms with Crippen molar-refractivity contribution in [3.8, 4) is 6.07 Å². The lowest BCUT2D eigenvalue weighted by molar-refractivity contribution is 0.429. The Morgan fingerprint density at radius 2 is 1.83 bits per heavy atom. The van der Waals surface area contributed by atoms with Gasteiger partial charge in [0.25, 0.3) is 0 Å². The van der Waals surface area contributed by atoms with E-state index < -0.39 is 5.95 Å². The van der Waals surface area contributed by atoms with E-state index >= 15 is 0 Å². The molecule has 0 aliphatic rings. The fourth-order valence-corrected chi connectivity index (χ4v) is 3.76. The van der Waals surface area contributed by atoms with Crippen molar-refractivity contribution in [1.82, 2.24) is 10.2 Å². The molecule has 4 nitrogen and oxygen atoms in total. The maximum Gasteiger partial charge on any atom is 0.198 e. The molecule has 0 heterocycles. The molecule has 0 bridgehead atoms. The predicted molar refractivity (Wildman–Crippen MR) is 184 cm³/mol. The molecule has 0 fully saturated rings. The Morgan fingerprint density at radius 1 is 1.19 bits per heavy atom. The van der Waals surface area contributed by atoms with Crippen LogP contribution in [0.1, 0.15) is 98.3 Å². The lowest BCUT2D eigenvalue weighted by Crippen LogP contribution is -2.28. The minimum Gasteiger partial charge on any atom is -0.385 e. The van der Waals surface area contributed by atoms with Gasteiger partial charge in [0.1, 0.15) is 5.84 Å². The van der Waals surface area contributed by atoms with Crippen LogP contribution in [-0.2, 0) is 6.42 Å². The van der Waals surface area contributed by atoms with E-state index in [1.807, 2.05) is 52.8 Å². The van der Waals surface area contributed by atoms with Crippen molar-refractivity contribution in [2.24, 2.45) is 17.8 Å². The van der Waals surface area contributed by atoms with E-state index in [4.69, 9.17) is 5.41 Å². The predicted octanol–water partition coefficient (Wildman–Crippen LogP) is 10.7. The number of rotatable bonds is 15. The maximum atomic E-state index is 14.8. The molecule has 1 unspecified atom stereocenters. The highest BCUT2D eigenvalue weighted by Gasteiger charge is 2.20. The van der Waals surface area contributed by atoms with Gasteiger partial charge in [0.15, 0.2) is 5.95 Å². The van der Waals surface area contributed by atoms with Gasteiger partial charge >= 0.3 is 0 Å². The van der Waals surface area contributed by atoms with Gasteiger partial charge in [0.05, 0.1) is 11.6 Å². The van der Waals surface area contributed by atoms with Crippen molar-refractivity contribution in [2.75, 3.05) is 6.54 Å². The molecule has 1 atom stereocenters. The Bertz CT molecular complexity index is 1100. The van der Waals surface area contributed by atoms with Crippen LogP contribution in [-0.4, -0.2) is 17.3 Å². The molecular formula is C37H57FN4. The van der Waals surface area contributed by atoms with E-state index in [2.05, 4.69) is 64.0 Å².